The molecule has 0 aliphatic heterocycles. The summed E-state index contributed by atoms with van der Waals surface area (Å²) in [5.74, 6) is 0. The van der Waals surface area contributed by atoms with Crippen LogP contribution in [-0.4, -0.2) is 4.92 Å². The third kappa shape index (κ3) is 1.61. The fraction of sp³-hybridized carbons (Fsp3) is 0.400. The summed E-state index contributed by atoms with van der Waals surface area (Å²) in [6.07, 6.45) is 2.05. The Morgan fingerprint density at radius 1 is 1.53 bits per heavy atom. The number of hydrogen-bond acceptors (Lipinski definition) is 3. The number of alkyl halides is 1. The molecule has 0 spiro atoms. The lowest BCUT2D eigenvalue weighted by Crippen LogP contribution is -2.05. The van der Waals surface area contributed by atoms with Crippen LogP contribution >= 0.6 is 15.9 Å². The fourth-order valence-corrected chi connectivity index (χ4v) is 2.46. The summed E-state index contributed by atoms with van der Waals surface area (Å²) in [7, 11) is 0. The minimum Gasteiger partial charge on any atom is -0.393 e. The molecule has 0 heterocycles. The molecule has 1 fully saturated rings. The molecule has 80 valence electrons. The van der Waals surface area contributed by atoms with Gasteiger partial charge in [0.15, 0.2) is 0 Å². The van der Waals surface area contributed by atoms with Crippen molar-refractivity contribution in [1.29, 1.82) is 0 Å². The van der Waals surface area contributed by atoms with Crippen molar-refractivity contribution in [3.63, 3.8) is 0 Å². The maximum Gasteiger partial charge on any atom is 0.295 e. The maximum absolute atomic E-state index is 10.9. The first kappa shape index (κ1) is 10.4. The summed E-state index contributed by atoms with van der Waals surface area (Å²) in [4.78, 5) is 10.4. The number of halogens is 1. The zero-order chi connectivity index (χ0) is 11.2. The predicted molar refractivity (Wildman–Crippen MR) is 62.1 cm³/mol. The van der Waals surface area contributed by atoms with Crippen molar-refractivity contribution in [3.05, 3.63) is 33.4 Å². The minimum absolute atomic E-state index is 0.0400. The van der Waals surface area contributed by atoms with Crippen LogP contribution in [0, 0.1) is 17.0 Å². The third-order valence-corrected chi connectivity index (χ3v) is 4.04. The van der Waals surface area contributed by atoms with Gasteiger partial charge in [0.1, 0.15) is 5.69 Å². The Balaban J connectivity index is 2.60. The molecule has 1 aliphatic carbocycles. The number of rotatable bonds is 2. The molecule has 0 bridgehead atoms. The zero-order valence-corrected chi connectivity index (χ0v) is 9.87. The zero-order valence-electron chi connectivity index (χ0n) is 8.29. The van der Waals surface area contributed by atoms with Crippen molar-refractivity contribution in [2.24, 2.45) is 0 Å². The van der Waals surface area contributed by atoms with E-state index in [4.69, 9.17) is 5.73 Å². The molecule has 0 radical (unpaired) electrons. The summed E-state index contributed by atoms with van der Waals surface area (Å²) in [6.45, 7) is 1.76. The highest BCUT2D eigenvalue weighted by molar-refractivity contribution is 9.09. The first-order valence-corrected chi connectivity index (χ1v) is 5.48. The average Bonchev–Trinajstić information content (AvgIpc) is 2.83. The average molecular weight is 271 g/mol. The van der Waals surface area contributed by atoms with Gasteiger partial charge in [-0.05, 0) is 31.4 Å². The first-order chi connectivity index (χ1) is 6.96. The molecule has 4 nitrogen and oxygen atoms in total. The van der Waals surface area contributed by atoms with Gasteiger partial charge in [-0.3, -0.25) is 10.1 Å². The van der Waals surface area contributed by atoms with Gasteiger partial charge in [0.05, 0.1) is 9.25 Å². The van der Waals surface area contributed by atoms with E-state index >= 15 is 0 Å². The van der Waals surface area contributed by atoms with Crippen molar-refractivity contribution in [2.45, 2.75) is 24.1 Å². The van der Waals surface area contributed by atoms with Gasteiger partial charge < -0.3 is 5.73 Å². The van der Waals surface area contributed by atoms with Gasteiger partial charge in [-0.15, -0.1) is 0 Å². The van der Waals surface area contributed by atoms with Crippen LogP contribution < -0.4 is 5.73 Å². The molecule has 0 amide bonds. The number of anilines is 1. The van der Waals surface area contributed by atoms with Gasteiger partial charge in [-0.1, -0.05) is 22.0 Å². The third-order valence-electron chi connectivity index (χ3n) is 2.82. The predicted octanol–water partition coefficient (Wildman–Crippen LogP) is 2.87. The highest BCUT2D eigenvalue weighted by Gasteiger charge is 2.44. The molecular weight excluding hydrogens is 260 g/mol. The number of nitrogen functional groups attached to an aromatic ring is 1. The second-order valence-electron chi connectivity index (χ2n) is 3.90. The van der Waals surface area contributed by atoms with E-state index < -0.39 is 4.92 Å². The Labute approximate surface area is 95.7 Å². The number of nitro groups is 1. The Bertz CT molecular complexity index is 441. The van der Waals surface area contributed by atoms with E-state index in [0.717, 1.165) is 18.4 Å². The van der Waals surface area contributed by atoms with Crippen LogP contribution in [0.4, 0.5) is 11.4 Å². The van der Waals surface area contributed by atoms with Crippen molar-refractivity contribution < 1.29 is 4.92 Å². The molecule has 1 saturated carbocycles. The summed E-state index contributed by atoms with van der Waals surface area (Å²) in [5, 5.41) is 10.9. The molecule has 0 atom stereocenters. The molecule has 0 saturated heterocycles. The van der Waals surface area contributed by atoms with Crippen LogP contribution in [0.25, 0.3) is 0 Å². The van der Waals surface area contributed by atoms with Crippen LogP contribution in [0.2, 0.25) is 0 Å². The lowest BCUT2D eigenvalue weighted by molar-refractivity contribution is -0.384. The summed E-state index contributed by atoms with van der Waals surface area (Å²) in [5.41, 5.74) is 7.54. The highest BCUT2D eigenvalue weighted by Crippen LogP contribution is 2.55. The first-order valence-electron chi connectivity index (χ1n) is 4.68. The monoisotopic (exact) mass is 270 g/mol. The topological polar surface area (TPSA) is 69.2 Å². The van der Waals surface area contributed by atoms with Crippen LogP contribution in [-0.2, 0) is 4.32 Å². The minimum atomic E-state index is -0.410. The van der Waals surface area contributed by atoms with Crippen molar-refractivity contribution >= 4 is 27.3 Å². The summed E-state index contributed by atoms with van der Waals surface area (Å²) in [6, 6.07) is 3.49. The quantitative estimate of drug-likeness (QED) is 0.389. The smallest absolute Gasteiger partial charge is 0.295 e. The maximum atomic E-state index is 10.9. The number of nitrogens with two attached hydrogens (primary N) is 1. The van der Waals surface area contributed by atoms with Gasteiger partial charge in [0.25, 0.3) is 5.69 Å². The van der Waals surface area contributed by atoms with Gasteiger partial charge >= 0.3 is 0 Å². The normalized spacial score (nSPS) is 17.5. The molecule has 0 unspecified atom stereocenters. The van der Waals surface area contributed by atoms with Gasteiger partial charge in [0.2, 0.25) is 0 Å². The van der Waals surface area contributed by atoms with Gasteiger partial charge in [-0.25, -0.2) is 0 Å². The van der Waals surface area contributed by atoms with Crippen LogP contribution in [0.3, 0.4) is 0 Å². The van der Waals surface area contributed by atoms with E-state index in [2.05, 4.69) is 15.9 Å². The molecule has 1 aromatic rings. The van der Waals surface area contributed by atoms with Crippen LogP contribution in [0.1, 0.15) is 24.0 Å². The fourth-order valence-electron chi connectivity index (χ4n) is 1.83. The number of hydrogen-bond donors (Lipinski definition) is 1. The van der Waals surface area contributed by atoms with Crippen molar-refractivity contribution in [1.82, 2.24) is 0 Å². The van der Waals surface area contributed by atoms with Crippen molar-refractivity contribution in [3.8, 4) is 0 Å². The molecule has 0 aromatic heterocycles. The van der Waals surface area contributed by atoms with E-state index in [9.17, 15) is 10.1 Å². The second kappa shape index (κ2) is 3.20. The van der Waals surface area contributed by atoms with E-state index in [1.54, 1.807) is 13.0 Å². The molecule has 1 aromatic carbocycles. The number of nitrogens with zero attached hydrogens (tertiary/aromatic N) is 1. The van der Waals surface area contributed by atoms with Crippen LogP contribution in [0.15, 0.2) is 12.1 Å². The second-order valence-corrected chi connectivity index (χ2v) is 5.42. The Kier molecular flexibility index (Phi) is 2.22. The number of benzene rings is 1. The van der Waals surface area contributed by atoms with E-state index in [1.807, 2.05) is 6.07 Å². The summed E-state index contributed by atoms with van der Waals surface area (Å²) < 4.78 is -0.0461. The van der Waals surface area contributed by atoms with E-state index in [1.165, 1.54) is 0 Å². The lowest BCUT2D eigenvalue weighted by Gasteiger charge is -2.12. The van der Waals surface area contributed by atoms with Gasteiger partial charge in [0, 0.05) is 5.56 Å². The Morgan fingerprint density at radius 2 is 2.13 bits per heavy atom. The molecule has 15 heavy (non-hydrogen) atoms. The van der Waals surface area contributed by atoms with E-state index in [0.29, 0.717) is 5.56 Å². The molecule has 2 N–H and O–H groups in total. The summed E-state index contributed by atoms with van der Waals surface area (Å²) >= 11 is 3.59. The molecule has 2 rings (SSSR count). The largest absolute Gasteiger partial charge is 0.393 e. The Morgan fingerprint density at radius 3 is 2.60 bits per heavy atom. The molecule has 5 heteroatoms. The SMILES string of the molecule is Cc1c(C2(Br)CC2)ccc(N)c1[N+](=O)[O-]. The molecule has 1 aliphatic rings. The molecular formula is C10H11BrN2O2. The van der Waals surface area contributed by atoms with E-state index in [-0.39, 0.29) is 15.7 Å². The van der Waals surface area contributed by atoms with Crippen molar-refractivity contribution in [2.75, 3.05) is 5.73 Å². The Hall–Kier alpha value is -1.10. The number of nitro benzene ring substituents is 1. The standard InChI is InChI=1S/C10H11BrN2O2/c1-6-7(10(11)4-5-10)2-3-8(12)9(6)13(14)15/h2-3H,4-5,12H2,1H3. The lowest BCUT2D eigenvalue weighted by atomic mass is 10.0. The highest BCUT2D eigenvalue weighted by atomic mass is 79.9. The van der Waals surface area contributed by atoms with Gasteiger partial charge in [-0.2, -0.15) is 0 Å². The van der Waals surface area contributed by atoms with Crippen LogP contribution in [0.5, 0.6) is 0 Å².